The van der Waals surface area contributed by atoms with Crippen molar-refractivity contribution in [3.05, 3.63) is 50.1 Å². The number of halogens is 1. The summed E-state index contributed by atoms with van der Waals surface area (Å²) in [4.78, 5) is 5.79. The first-order valence-electron chi connectivity index (χ1n) is 5.10. The number of rotatable bonds is 2. The molecular weight excluding hydrogens is 314 g/mol. The molecule has 0 amide bonds. The fourth-order valence-electron chi connectivity index (χ4n) is 1.53. The lowest BCUT2D eigenvalue weighted by atomic mass is 10.3. The number of thiazole rings is 1. The topological polar surface area (TPSA) is 12.9 Å². The van der Waals surface area contributed by atoms with Gasteiger partial charge in [-0.15, -0.1) is 22.7 Å². The molecule has 4 heteroatoms. The van der Waals surface area contributed by atoms with Crippen molar-refractivity contribution >= 4 is 61.0 Å². The van der Waals surface area contributed by atoms with Crippen LogP contribution in [0.4, 0.5) is 0 Å². The summed E-state index contributed by atoms with van der Waals surface area (Å²) in [6, 6.07) is 12.4. The van der Waals surface area contributed by atoms with Gasteiger partial charge in [0, 0.05) is 4.88 Å². The van der Waals surface area contributed by atoms with E-state index >= 15 is 0 Å². The number of fused-ring (bicyclic) bond motifs is 1. The molecule has 0 aliphatic heterocycles. The van der Waals surface area contributed by atoms with Crippen LogP contribution in [0.25, 0.3) is 22.4 Å². The Bertz CT molecular complexity index is 648. The number of nitrogens with zero attached hydrogens (tertiary/aromatic N) is 1. The lowest BCUT2D eigenvalue weighted by Gasteiger charge is -1.82. The summed E-state index contributed by atoms with van der Waals surface area (Å²) in [5.74, 6) is 0. The van der Waals surface area contributed by atoms with Crippen LogP contribution in [-0.2, 0) is 0 Å². The van der Waals surface area contributed by atoms with E-state index in [1.165, 1.54) is 9.58 Å². The predicted octanol–water partition coefficient (Wildman–Crippen LogP) is 5.29. The first-order chi connectivity index (χ1) is 8.31. The highest BCUT2D eigenvalue weighted by Crippen LogP contribution is 2.26. The lowest BCUT2D eigenvalue weighted by molar-refractivity contribution is 1.47. The van der Waals surface area contributed by atoms with Crippen LogP contribution in [0.15, 0.2) is 40.2 Å². The van der Waals surface area contributed by atoms with Gasteiger partial charge in [-0.3, -0.25) is 0 Å². The Hall–Kier alpha value is -0.970. The smallest absolute Gasteiger partial charge is 0.117 e. The van der Waals surface area contributed by atoms with E-state index in [2.05, 4.69) is 51.3 Å². The van der Waals surface area contributed by atoms with Crippen molar-refractivity contribution in [3.8, 4) is 0 Å². The fraction of sp³-hybridized carbons (Fsp3) is 0. The summed E-state index contributed by atoms with van der Waals surface area (Å²) in [6.07, 6.45) is 4.18. The maximum atomic E-state index is 4.56. The molecule has 3 rings (SSSR count). The number of thiophene rings is 1. The van der Waals surface area contributed by atoms with Gasteiger partial charge in [-0.1, -0.05) is 12.1 Å². The van der Waals surface area contributed by atoms with Crippen LogP contribution in [0.1, 0.15) is 9.88 Å². The van der Waals surface area contributed by atoms with Crippen LogP contribution in [0.5, 0.6) is 0 Å². The van der Waals surface area contributed by atoms with Gasteiger partial charge in [-0.25, -0.2) is 4.98 Å². The lowest BCUT2D eigenvalue weighted by Crippen LogP contribution is -1.67. The minimum Gasteiger partial charge on any atom is -0.237 e. The van der Waals surface area contributed by atoms with E-state index in [0.29, 0.717) is 0 Å². The number of para-hydroxylation sites is 1. The van der Waals surface area contributed by atoms with E-state index in [0.717, 1.165) is 14.3 Å². The Kier molecular flexibility index (Phi) is 3.09. The first kappa shape index (κ1) is 11.1. The van der Waals surface area contributed by atoms with Crippen molar-refractivity contribution in [1.82, 2.24) is 4.98 Å². The quantitative estimate of drug-likeness (QED) is 0.624. The van der Waals surface area contributed by atoms with Crippen LogP contribution in [0.2, 0.25) is 0 Å². The fourth-order valence-corrected chi connectivity index (χ4v) is 3.73. The molecule has 0 saturated carbocycles. The third-order valence-electron chi connectivity index (χ3n) is 2.29. The molecule has 1 aromatic carbocycles. The molecule has 0 fully saturated rings. The minimum absolute atomic E-state index is 1.05. The van der Waals surface area contributed by atoms with Crippen molar-refractivity contribution in [3.63, 3.8) is 0 Å². The second-order valence-electron chi connectivity index (χ2n) is 3.50. The summed E-state index contributed by atoms with van der Waals surface area (Å²) in [6.45, 7) is 0. The van der Waals surface area contributed by atoms with Crippen LogP contribution in [0.3, 0.4) is 0 Å². The molecule has 2 heterocycles. The molecule has 84 valence electrons. The van der Waals surface area contributed by atoms with E-state index in [1.807, 2.05) is 18.2 Å². The summed E-state index contributed by atoms with van der Waals surface area (Å²) in [7, 11) is 0. The highest BCUT2D eigenvalue weighted by Gasteiger charge is 1.99. The molecule has 0 spiro atoms. The number of hydrogen-bond donors (Lipinski definition) is 0. The molecule has 0 bridgehead atoms. The maximum Gasteiger partial charge on any atom is 0.117 e. The SMILES string of the molecule is Brc1ccc(C=Cc2nc3ccccc3s2)s1. The Morgan fingerprint density at radius 2 is 1.88 bits per heavy atom. The molecule has 3 aromatic rings. The normalized spacial score (nSPS) is 11.6. The highest BCUT2D eigenvalue weighted by atomic mass is 79.9. The monoisotopic (exact) mass is 321 g/mol. The van der Waals surface area contributed by atoms with Gasteiger partial charge in [0.2, 0.25) is 0 Å². The average Bonchev–Trinajstić information content (AvgIpc) is 2.91. The van der Waals surface area contributed by atoms with Gasteiger partial charge in [-0.2, -0.15) is 0 Å². The third kappa shape index (κ3) is 2.49. The van der Waals surface area contributed by atoms with Crippen molar-refractivity contribution in [2.24, 2.45) is 0 Å². The van der Waals surface area contributed by atoms with Crippen LogP contribution >= 0.6 is 38.6 Å². The number of hydrogen-bond acceptors (Lipinski definition) is 3. The molecule has 2 aromatic heterocycles. The van der Waals surface area contributed by atoms with Crippen molar-refractivity contribution in [2.45, 2.75) is 0 Å². The van der Waals surface area contributed by atoms with Gasteiger partial charge < -0.3 is 0 Å². The highest BCUT2D eigenvalue weighted by molar-refractivity contribution is 9.11. The Labute approximate surface area is 116 Å². The molecule has 0 N–H and O–H groups in total. The van der Waals surface area contributed by atoms with Crippen molar-refractivity contribution in [2.75, 3.05) is 0 Å². The first-order valence-corrected chi connectivity index (χ1v) is 7.53. The molecule has 0 saturated heterocycles. The summed E-state index contributed by atoms with van der Waals surface area (Å²) in [5.41, 5.74) is 1.07. The number of aromatic nitrogens is 1. The predicted molar refractivity (Wildman–Crippen MR) is 80.6 cm³/mol. The van der Waals surface area contributed by atoms with Crippen LogP contribution in [0, 0.1) is 0 Å². The molecular formula is C13H8BrNS2. The van der Waals surface area contributed by atoms with Gasteiger partial charge >= 0.3 is 0 Å². The Balaban J connectivity index is 1.92. The van der Waals surface area contributed by atoms with Gasteiger partial charge in [0.15, 0.2) is 0 Å². The van der Waals surface area contributed by atoms with E-state index in [4.69, 9.17) is 0 Å². The largest absolute Gasteiger partial charge is 0.237 e. The van der Waals surface area contributed by atoms with Gasteiger partial charge in [-0.05, 0) is 52.3 Å². The zero-order valence-electron chi connectivity index (χ0n) is 8.76. The molecule has 0 radical (unpaired) electrons. The minimum atomic E-state index is 1.05. The van der Waals surface area contributed by atoms with Crippen molar-refractivity contribution in [1.29, 1.82) is 0 Å². The number of benzene rings is 1. The van der Waals surface area contributed by atoms with E-state index in [9.17, 15) is 0 Å². The van der Waals surface area contributed by atoms with E-state index < -0.39 is 0 Å². The van der Waals surface area contributed by atoms with Crippen LogP contribution < -0.4 is 0 Å². The van der Waals surface area contributed by atoms with E-state index in [-0.39, 0.29) is 0 Å². The van der Waals surface area contributed by atoms with Crippen LogP contribution in [-0.4, -0.2) is 4.98 Å². The Morgan fingerprint density at radius 1 is 1.00 bits per heavy atom. The zero-order valence-corrected chi connectivity index (χ0v) is 12.0. The zero-order chi connectivity index (χ0) is 11.7. The molecule has 0 atom stereocenters. The van der Waals surface area contributed by atoms with Gasteiger partial charge in [0.1, 0.15) is 5.01 Å². The Morgan fingerprint density at radius 3 is 2.65 bits per heavy atom. The third-order valence-corrected chi connectivity index (χ3v) is 4.89. The molecule has 0 aliphatic carbocycles. The second kappa shape index (κ2) is 4.72. The second-order valence-corrected chi connectivity index (χ2v) is 7.05. The summed E-state index contributed by atoms with van der Waals surface area (Å²) < 4.78 is 2.39. The summed E-state index contributed by atoms with van der Waals surface area (Å²) >= 11 is 6.90. The average molecular weight is 322 g/mol. The standard InChI is InChI=1S/C13H8BrNS2/c14-12-7-5-9(16-12)6-8-13-15-10-3-1-2-4-11(10)17-13/h1-8H. The molecule has 17 heavy (non-hydrogen) atoms. The molecule has 1 nitrogen and oxygen atoms in total. The molecule has 0 unspecified atom stereocenters. The molecule has 0 aliphatic rings. The van der Waals surface area contributed by atoms with Gasteiger partial charge in [0.05, 0.1) is 14.0 Å². The van der Waals surface area contributed by atoms with E-state index in [1.54, 1.807) is 22.7 Å². The van der Waals surface area contributed by atoms with Crippen molar-refractivity contribution < 1.29 is 0 Å². The maximum absolute atomic E-state index is 4.56. The van der Waals surface area contributed by atoms with Gasteiger partial charge in [0.25, 0.3) is 0 Å². The summed E-state index contributed by atoms with van der Waals surface area (Å²) in [5, 5.41) is 1.05.